The van der Waals surface area contributed by atoms with Gasteiger partial charge < -0.3 is 4.74 Å². The standard InChI is InChI=1S/C8H10O.C8H10.C2H6/c1-7-4-3-5-8(6-7)9-2;1-7-4-3-5-8(2)6-7;1-2/h3-6H,1-2H3;3-6H,1-2H3;1-2H3. The van der Waals surface area contributed by atoms with Crippen molar-refractivity contribution in [2.45, 2.75) is 34.6 Å². The van der Waals surface area contributed by atoms with Gasteiger partial charge in [0, 0.05) is 0 Å². The first-order valence-electron chi connectivity index (χ1n) is 6.76. The monoisotopic (exact) mass is 258 g/mol. The molecule has 0 radical (unpaired) electrons. The summed E-state index contributed by atoms with van der Waals surface area (Å²) in [5.41, 5.74) is 3.91. The molecule has 0 aliphatic rings. The van der Waals surface area contributed by atoms with Crippen molar-refractivity contribution in [3.8, 4) is 5.75 Å². The lowest BCUT2D eigenvalue weighted by atomic mass is 10.2. The number of benzene rings is 2. The smallest absolute Gasteiger partial charge is 0.119 e. The van der Waals surface area contributed by atoms with E-state index in [2.05, 4.69) is 38.1 Å². The van der Waals surface area contributed by atoms with Crippen molar-refractivity contribution in [3.63, 3.8) is 0 Å². The van der Waals surface area contributed by atoms with Gasteiger partial charge in [0.25, 0.3) is 0 Å². The molecule has 2 rings (SSSR count). The maximum absolute atomic E-state index is 5.00. The van der Waals surface area contributed by atoms with Gasteiger partial charge in [-0.05, 0) is 38.5 Å². The zero-order chi connectivity index (χ0) is 14.7. The third-order valence-corrected chi connectivity index (χ3v) is 2.40. The van der Waals surface area contributed by atoms with Crippen LogP contribution in [-0.2, 0) is 0 Å². The second kappa shape index (κ2) is 10.2. The van der Waals surface area contributed by atoms with Gasteiger partial charge in [0.2, 0.25) is 0 Å². The predicted octanol–water partition coefficient (Wildman–Crippen LogP) is 5.33. The molecule has 2 aromatic rings. The highest BCUT2D eigenvalue weighted by atomic mass is 16.5. The minimum atomic E-state index is 0.926. The van der Waals surface area contributed by atoms with Gasteiger partial charge in [-0.1, -0.05) is 61.4 Å². The highest BCUT2D eigenvalue weighted by Crippen LogP contribution is 2.10. The highest BCUT2D eigenvalue weighted by molar-refractivity contribution is 5.27. The summed E-state index contributed by atoms with van der Waals surface area (Å²) in [6.07, 6.45) is 0. The zero-order valence-corrected chi connectivity index (χ0v) is 13.0. The Morgan fingerprint density at radius 3 is 1.37 bits per heavy atom. The lowest BCUT2D eigenvalue weighted by Gasteiger charge is -1.97. The van der Waals surface area contributed by atoms with Crippen molar-refractivity contribution in [2.24, 2.45) is 0 Å². The second-order valence-electron chi connectivity index (χ2n) is 4.18. The number of ether oxygens (including phenoxy) is 1. The summed E-state index contributed by atoms with van der Waals surface area (Å²) in [6, 6.07) is 16.4. The fourth-order valence-corrected chi connectivity index (χ4v) is 1.55. The largest absolute Gasteiger partial charge is 0.497 e. The molecule has 0 atom stereocenters. The number of rotatable bonds is 1. The van der Waals surface area contributed by atoms with Crippen molar-refractivity contribution >= 4 is 0 Å². The SMILES string of the molecule is CC.COc1cccc(C)c1.Cc1cccc(C)c1. The molecular formula is C18H26O. The minimum absolute atomic E-state index is 0.926. The highest BCUT2D eigenvalue weighted by Gasteiger charge is 1.86. The van der Waals surface area contributed by atoms with E-state index >= 15 is 0 Å². The molecule has 19 heavy (non-hydrogen) atoms. The summed E-state index contributed by atoms with van der Waals surface area (Å²) in [4.78, 5) is 0. The fraction of sp³-hybridized carbons (Fsp3) is 0.333. The van der Waals surface area contributed by atoms with Gasteiger partial charge >= 0.3 is 0 Å². The predicted molar refractivity (Wildman–Crippen MR) is 85.0 cm³/mol. The molecule has 0 heterocycles. The van der Waals surface area contributed by atoms with Crippen molar-refractivity contribution in [1.82, 2.24) is 0 Å². The average Bonchev–Trinajstić information content (AvgIpc) is 2.41. The molecule has 0 N–H and O–H groups in total. The van der Waals surface area contributed by atoms with Crippen molar-refractivity contribution < 1.29 is 4.74 Å². The Balaban J connectivity index is 0.000000303. The van der Waals surface area contributed by atoms with E-state index in [0.29, 0.717) is 0 Å². The topological polar surface area (TPSA) is 9.23 Å². The molecule has 2 aromatic carbocycles. The lowest BCUT2D eigenvalue weighted by molar-refractivity contribution is 0.414. The molecule has 0 aliphatic heterocycles. The molecule has 0 saturated carbocycles. The summed E-state index contributed by atoms with van der Waals surface area (Å²) in [6.45, 7) is 10.3. The van der Waals surface area contributed by atoms with Crippen molar-refractivity contribution in [2.75, 3.05) is 7.11 Å². The lowest BCUT2D eigenvalue weighted by Crippen LogP contribution is -1.81. The van der Waals surface area contributed by atoms with Gasteiger partial charge in [-0.2, -0.15) is 0 Å². The van der Waals surface area contributed by atoms with Gasteiger partial charge in [-0.15, -0.1) is 0 Å². The first-order valence-corrected chi connectivity index (χ1v) is 6.76. The summed E-state index contributed by atoms with van der Waals surface area (Å²) in [5.74, 6) is 0.926. The number of methoxy groups -OCH3 is 1. The van der Waals surface area contributed by atoms with Crippen LogP contribution in [0, 0.1) is 20.8 Å². The van der Waals surface area contributed by atoms with Crippen LogP contribution in [0.1, 0.15) is 30.5 Å². The molecule has 0 amide bonds. The van der Waals surface area contributed by atoms with Crippen LogP contribution in [0.4, 0.5) is 0 Å². The van der Waals surface area contributed by atoms with Crippen LogP contribution >= 0.6 is 0 Å². The van der Waals surface area contributed by atoms with E-state index in [9.17, 15) is 0 Å². The van der Waals surface area contributed by atoms with Gasteiger partial charge in [0.15, 0.2) is 0 Å². The van der Waals surface area contributed by atoms with Crippen LogP contribution in [-0.4, -0.2) is 7.11 Å². The zero-order valence-electron chi connectivity index (χ0n) is 13.0. The van der Waals surface area contributed by atoms with E-state index in [1.165, 1.54) is 16.7 Å². The first kappa shape index (κ1) is 17.2. The molecule has 1 nitrogen and oxygen atoms in total. The third kappa shape index (κ3) is 8.04. The normalized spacial score (nSPS) is 8.53. The van der Waals surface area contributed by atoms with Gasteiger partial charge in [-0.25, -0.2) is 0 Å². The molecule has 0 saturated heterocycles. The number of hydrogen-bond acceptors (Lipinski definition) is 1. The quantitative estimate of drug-likeness (QED) is 0.671. The second-order valence-corrected chi connectivity index (χ2v) is 4.18. The first-order chi connectivity index (χ1) is 9.11. The third-order valence-electron chi connectivity index (χ3n) is 2.40. The number of aryl methyl sites for hydroxylation is 3. The molecule has 104 valence electrons. The Bertz CT molecular complexity index is 444. The van der Waals surface area contributed by atoms with Crippen molar-refractivity contribution in [3.05, 3.63) is 65.2 Å². The summed E-state index contributed by atoms with van der Waals surface area (Å²) in [5, 5.41) is 0. The van der Waals surface area contributed by atoms with Crippen LogP contribution in [0.25, 0.3) is 0 Å². The Labute approximate surface area is 118 Å². The molecule has 0 unspecified atom stereocenters. The van der Waals surface area contributed by atoms with Gasteiger partial charge in [0.1, 0.15) is 5.75 Å². The summed E-state index contributed by atoms with van der Waals surface area (Å²) < 4.78 is 5.00. The van der Waals surface area contributed by atoms with Crippen LogP contribution in [0.2, 0.25) is 0 Å². The van der Waals surface area contributed by atoms with E-state index in [-0.39, 0.29) is 0 Å². The maximum Gasteiger partial charge on any atom is 0.119 e. The Morgan fingerprint density at radius 1 is 0.684 bits per heavy atom. The molecule has 0 bridgehead atoms. The summed E-state index contributed by atoms with van der Waals surface area (Å²) in [7, 11) is 1.68. The van der Waals surface area contributed by atoms with Gasteiger partial charge in [0.05, 0.1) is 7.11 Å². The van der Waals surface area contributed by atoms with E-state index in [4.69, 9.17) is 4.74 Å². The Morgan fingerprint density at radius 2 is 1.11 bits per heavy atom. The number of hydrogen-bond donors (Lipinski definition) is 0. The van der Waals surface area contributed by atoms with Gasteiger partial charge in [-0.3, -0.25) is 0 Å². The van der Waals surface area contributed by atoms with E-state index < -0.39 is 0 Å². The summed E-state index contributed by atoms with van der Waals surface area (Å²) >= 11 is 0. The molecule has 0 spiro atoms. The molecule has 0 aliphatic carbocycles. The fourth-order valence-electron chi connectivity index (χ4n) is 1.55. The molecule has 0 fully saturated rings. The van der Waals surface area contributed by atoms with E-state index in [1.807, 2.05) is 45.0 Å². The van der Waals surface area contributed by atoms with Crippen LogP contribution < -0.4 is 4.74 Å². The maximum atomic E-state index is 5.00. The van der Waals surface area contributed by atoms with Crippen LogP contribution in [0.15, 0.2) is 48.5 Å². The Kier molecular flexibility index (Phi) is 9.25. The van der Waals surface area contributed by atoms with Crippen LogP contribution in [0.5, 0.6) is 5.75 Å². The molecular weight excluding hydrogens is 232 g/mol. The minimum Gasteiger partial charge on any atom is -0.497 e. The molecule has 1 heteroatoms. The Hall–Kier alpha value is -1.76. The van der Waals surface area contributed by atoms with Crippen LogP contribution in [0.3, 0.4) is 0 Å². The van der Waals surface area contributed by atoms with E-state index in [0.717, 1.165) is 5.75 Å². The van der Waals surface area contributed by atoms with Crippen molar-refractivity contribution in [1.29, 1.82) is 0 Å². The average molecular weight is 258 g/mol. The molecule has 0 aromatic heterocycles. The van der Waals surface area contributed by atoms with E-state index in [1.54, 1.807) is 7.11 Å².